The van der Waals surface area contributed by atoms with Crippen LogP contribution in [0.2, 0.25) is 0 Å². The molecular formula is C19H16O3. The van der Waals surface area contributed by atoms with Crippen molar-refractivity contribution in [3.05, 3.63) is 77.9 Å². The van der Waals surface area contributed by atoms with Gasteiger partial charge in [-0.1, -0.05) is 67.3 Å². The van der Waals surface area contributed by atoms with Crippen LogP contribution < -0.4 is 0 Å². The fourth-order valence-electron chi connectivity index (χ4n) is 2.05. The van der Waals surface area contributed by atoms with Crippen LogP contribution in [0.3, 0.4) is 0 Å². The Morgan fingerprint density at radius 2 is 1.27 bits per heavy atom. The van der Waals surface area contributed by atoms with E-state index < -0.39 is 0 Å². The van der Waals surface area contributed by atoms with Gasteiger partial charge in [0.05, 0.1) is 12.8 Å². The maximum Gasteiger partial charge on any atom is 0.170 e. The van der Waals surface area contributed by atoms with Gasteiger partial charge in [0.15, 0.2) is 11.6 Å². The number of hydrogen-bond donors (Lipinski definition) is 0. The Morgan fingerprint density at radius 1 is 0.773 bits per heavy atom. The Bertz CT molecular complexity index is 697. The van der Waals surface area contributed by atoms with Crippen molar-refractivity contribution in [1.82, 2.24) is 0 Å². The van der Waals surface area contributed by atoms with Gasteiger partial charge in [-0.15, -0.1) is 0 Å². The van der Waals surface area contributed by atoms with Crippen LogP contribution in [0.4, 0.5) is 0 Å². The summed E-state index contributed by atoms with van der Waals surface area (Å²) in [7, 11) is 0. The van der Waals surface area contributed by atoms with Gasteiger partial charge in [0.2, 0.25) is 0 Å². The van der Waals surface area contributed by atoms with Gasteiger partial charge in [-0.25, -0.2) is 0 Å². The lowest BCUT2D eigenvalue weighted by Gasteiger charge is -2.02. The molecule has 0 spiro atoms. The summed E-state index contributed by atoms with van der Waals surface area (Å²) in [4.78, 5) is 35.8. The second-order valence-corrected chi connectivity index (χ2v) is 4.93. The molecule has 2 aromatic carbocycles. The van der Waals surface area contributed by atoms with Crippen LogP contribution in [0.15, 0.2) is 61.2 Å². The first-order valence-electron chi connectivity index (χ1n) is 6.96. The van der Waals surface area contributed by atoms with E-state index in [9.17, 15) is 14.4 Å². The number of rotatable bonds is 7. The van der Waals surface area contributed by atoms with Crippen LogP contribution in [0.25, 0.3) is 6.08 Å². The first-order valence-corrected chi connectivity index (χ1v) is 6.96. The minimum absolute atomic E-state index is 0.250. The summed E-state index contributed by atoms with van der Waals surface area (Å²) in [5.74, 6) is -0.909. The van der Waals surface area contributed by atoms with Gasteiger partial charge < -0.3 is 0 Å². The van der Waals surface area contributed by atoms with E-state index in [4.69, 9.17) is 0 Å². The van der Waals surface area contributed by atoms with Crippen molar-refractivity contribution in [1.29, 1.82) is 0 Å². The van der Waals surface area contributed by atoms with E-state index in [1.54, 1.807) is 60.7 Å². The van der Waals surface area contributed by atoms with E-state index in [0.29, 0.717) is 11.1 Å². The normalized spacial score (nSPS) is 10.0. The third-order valence-electron chi connectivity index (χ3n) is 3.28. The van der Waals surface area contributed by atoms with E-state index in [2.05, 4.69) is 6.58 Å². The number of hydrogen-bond acceptors (Lipinski definition) is 3. The predicted molar refractivity (Wildman–Crippen MR) is 85.9 cm³/mol. The molecule has 0 fully saturated rings. The van der Waals surface area contributed by atoms with Crippen LogP contribution in [0.1, 0.15) is 39.1 Å². The molecule has 0 N–H and O–H groups in total. The molecule has 0 heterocycles. The van der Waals surface area contributed by atoms with E-state index in [1.165, 1.54) is 0 Å². The zero-order chi connectivity index (χ0) is 15.9. The zero-order valence-corrected chi connectivity index (χ0v) is 12.1. The minimum Gasteiger partial charge on any atom is -0.299 e. The van der Waals surface area contributed by atoms with Crippen molar-refractivity contribution in [2.75, 3.05) is 0 Å². The summed E-state index contributed by atoms with van der Waals surface area (Å²) in [5.41, 5.74) is 1.85. The van der Waals surface area contributed by atoms with Gasteiger partial charge in [0.25, 0.3) is 0 Å². The molecule has 0 aromatic heterocycles. The Hall–Kier alpha value is -2.81. The highest BCUT2D eigenvalue weighted by Crippen LogP contribution is 2.10. The van der Waals surface area contributed by atoms with E-state index >= 15 is 0 Å². The molecule has 0 saturated carbocycles. The molecule has 0 radical (unpaired) electrons. The summed E-state index contributed by atoms with van der Waals surface area (Å²) < 4.78 is 0. The first kappa shape index (κ1) is 15.6. The molecule has 3 nitrogen and oxygen atoms in total. The fraction of sp³-hybridized carbons (Fsp3) is 0.105. The topological polar surface area (TPSA) is 51.2 Å². The Labute approximate surface area is 129 Å². The van der Waals surface area contributed by atoms with Crippen LogP contribution in [0, 0.1) is 0 Å². The van der Waals surface area contributed by atoms with Crippen molar-refractivity contribution in [2.45, 2.75) is 12.8 Å². The van der Waals surface area contributed by atoms with Crippen molar-refractivity contribution >= 4 is 23.4 Å². The molecule has 22 heavy (non-hydrogen) atoms. The van der Waals surface area contributed by atoms with Crippen LogP contribution in [-0.2, 0) is 4.79 Å². The first-order chi connectivity index (χ1) is 10.6. The molecule has 0 aliphatic carbocycles. The fourth-order valence-corrected chi connectivity index (χ4v) is 2.05. The lowest BCUT2D eigenvalue weighted by molar-refractivity contribution is -0.117. The van der Waals surface area contributed by atoms with Crippen LogP contribution in [-0.4, -0.2) is 17.3 Å². The monoisotopic (exact) mass is 292 g/mol. The van der Waals surface area contributed by atoms with Crippen molar-refractivity contribution in [3.63, 3.8) is 0 Å². The largest absolute Gasteiger partial charge is 0.299 e. The highest BCUT2D eigenvalue weighted by atomic mass is 16.2. The molecule has 0 aliphatic rings. The summed E-state index contributed by atoms with van der Waals surface area (Å²) >= 11 is 0. The Morgan fingerprint density at radius 3 is 1.77 bits per heavy atom. The van der Waals surface area contributed by atoms with Crippen LogP contribution >= 0.6 is 0 Å². The molecule has 3 heteroatoms. The number of carbonyl (C=O) groups is 3. The molecule has 2 rings (SSSR count). The quantitative estimate of drug-likeness (QED) is 0.577. The summed E-state index contributed by atoms with van der Waals surface area (Å²) in [5, 5.41) is 0. The van der Waals surface area contributed by atoms with E-state index in [0.717, 1.165) is 5.56 Å². The highest BCUT2D eigenvalue weighted by molar-refractivity contribution is 6.15. The molecule has 2 aromatic rings. The maximum absolute atomic E-state index is 12.0. The predicted octanol–water partition coefficient (Wildman–Crippen LogP) is 3.74. The highest BCUT2D eigenvalue weighted by Gasteiger charge is 2.16. The third kappa shape index (κ3) is 4.09. The number of benzene rings is 2. The van der Waals surface area contributed by atoms with Gasteiger partial charge in [-0.3, -0.25) is 14.4 Å². The molecule has 0 bridgehead atoms. The van der Waals surface area contributed by atoms with Crippen LogP contribution in [0.5, 0.6) is 0 Å². The lowest BCUT2D eigenvalue weighted by Crippen LogP contribution is -2.13. The molecule has 0 saturated heterocycles. The van der Waals surface area contributed by atoms with Crippen molar-refractivity contribution in [2.24, 2.45) is 0 Å². The van der Waals surface area contributed by atoms with Crippen molar-refractivity contribution in [3.8, 4) is 0 Å². The molecule has 110 valence electrons. The maximum atomic E-state index is 12.0. The summed E-state index contributed by atoms with van der Waals surface area (Å²) in [6.07, 6.45) is 1.17. The van der Waals surface area contributed by atoms with Gasteiger partial charge in [0.1, 0.15) is 5.78 Å². The third-order valence-corrected chi connectivity index (χ3v) is 3.28. The van der Waals surface area contributed by atoms with E-state index in [-0.39, 0.29) is 30.2 Å². The molecular weight excluding hydrogens is 276 g/mol. The van der Waals surface area contributed by atoms with E-state index in [1.807, 2.05) is 0 Å². The van der Waals surface area contributed by atoms with Gasteiger partial charge in [0, 0.05) is 11.1 Å². The zero-order valence-electron chi connectivity index (χ0n) is 12.1. The smallest absolute Gasteiger partial charge is 0.170 e. The SMILES string of the molecule is C=Cc1ccc(C(=O)CC(=O)CC(=O)c2ccccc2)cc1. The van der Waals surface area contributed by atoms with Gasteiger partial charge in [-0.05, 0) is 5.56 Å². The number of Topliss-reactive ketones (excluding diaryl/α,β-unsaturated/α-hetero) is 3. The lowest BCUT2D eigenvalue weighted by atomic mass is 10.00. The second-order valence-electron chi connectivity index (χ2n) is 4.93. The average molecular weight is 292 g/mol. The molecule has 0 amide bonds. The summed E-state index contributed by atoms with van der Waals surface area (Å²) in [6, 6.07) is 15.4. The minimum atomic E-state index is -0.369. The van der Waals surface area contributed by atoms with Gasteiger partial charge >= 0.3 is 0 Å². The Balaban J connectivity index is 1.95. The number of ketones is 3. The molecule has 0 unspecified atom stereocenters. The summed E-state index contributed by atoms with van der Waals surface area (Å²) in [6.45, 7) is 3.64. The standard InChI is InChI=1S/C19H16O3/c1-2-14-8-10-16(11-9-14)19(22)13-17(20)12-18(21)15-6-4-3-5-7-15/h2-11H,1,12-13H2. The molecule has 0 atom stereocenters. The number of carbonyl (C=O) groups excluding carboxylic acids is 3. The van der Waals surface area contributed by atoms with Crippen molar-refractivity contribution < 1.29 is 14.4 Å². The van der Waals surface area contributed by atoms with Gasteiger partial charge in [-0.2, -0.15) is 0 Å². The Kier molecular flexibility index (Phi) is 5.15. The molecule has 0 aliphatic heterocycles. The second kappa shape index (κ2) is 7.27. The average Bonchev–Trinajstić information content (AvgIpc) is 2.55.